The van der Waals surface area contributed by atoms with Crippen LogP contribution in [0.3, 0.4) is 0 Å². The van der Waals surface area contributed by atoms with E-state index in [9.17, 15) is 62.3 Å². The predicted molar refractivity (Wildman–Crippen MR) is 348 cm³/mol. The number of methoxy groups -OCH3 is 1. The summed E-state index contributed by atoms with van der Waals surface area (Å²) in [6.07, 6.45) is -1.39. The summed E-state index contributed by atoms with van der Waals surface area (Å²) in [6, 6.07) is 10.1. The summed E-state index contributed by atoms with van der Waals surface area (Å²) in [5.74, 6) is -9.20. The highest BCUT2D eigenvalue weighted by molar-refractivity contribution is 6.00. The fraction of sp³-hybridized carbons (Fsp3) is 0.621. The van der Waals surface area contributed by atoms with E-state index in [0.717, 1.165) is 12.7 Å². The van der Waals surface area contributed by atoms with Crippen molar-refractivity contribution in [2.24, 2.45) is 11.8 Å². The molecule has 0 unspecified atom stereocenters. The Bertz CT molecular complexity index is 2930. The molecule has 0 aromatic heterocycles. The topological polar surface area (TPSA) is 391 Å². The average molecular weight is 1320 g/mol. The second-order valence-electron chi connectivity index (χ2n) is 27.1. The fourth-order valence-electron chi connectivity index (χ4n) is 8.76. The number of hydrogen-bond acceptors (Lipinski definition) is 17. The quantitative estimate of drug-likeness (QED) is 0.0262. The summed E-state index contributed by atoms with van der Waals surface area (Å²) >= 11 is 0. The van der Waals surface area contributed by atoms with Gasteiger partial charge in [0.15, 0.2) is 0 Å². The highest BCUT2D eigenvalue weighted by Crippen LogP contribution is 2.17. The molecule has 0 saturated carbocycles. The number of esters is 2. The van der Waals surface area contributed by atoms with Crippen LogP contribution in [0.15, 0.2) is 60.7 Å². The van der Waals surface area contributed by atoms with Crippen molar-refractivity contribution in [2.75, 3.05) is 13.7 Å². The monoisotopic (exact) mass is 1320 g/mol. The number of nitrogens with one attached hydrogen (secondary N) is 11. The maximum atomic E-state index is 14.2. The second-order valence-corrected chi connectivity index (χ2v) is 27.1. The van der Waals surface area contributed by atoms with Gasteiger partial charge < -0.3 is 77.4 Å². The number of rotatable bonds is 36. The molecule has 524 valence electrons. The second kappa shape index (κ2) is 37.1. The van der Waals surface area contributed by atoms with E-state index in [0.29, 0.717) is 18.4 Å². The summed E-state index contributed by atoms with van der Waals surface area (Å²) in [4.78, 5) is 175. The Morgan fingerprint density at radius 1 is 0.415 bits per heavy atom. The molecule has 0 bridgehead atoms. The molecule has 0 fully saturated rings. The van der Waals surface area contributed by atoms with Crippen LogP contribution in [0, 0.1) is 11.8 Å². The highest BCUT2D eigenvalue weighted by Gasteiger charge is 2.41. The molecule has 28 nitrogen and oxygen atoms in total. The molecule has 2 aromatic rings. The summed E-state index contributed by atoms with van der Waals surface area (Å²) in [6.45, 7) is 26.0. The third kappa shape index (κ3) is 29.8. The van der Waals surface area contributed by atoms with Crippen molar-refractivity contribution in [1.82, 2.24) is 58.5 Å². The van der Waals surface area contributed by atoms with Crippen molar-refractivity contribution in [3.8, 4) is 0 Å². The summed E-state index contributed by atoms with van der Waals surface area (Å²) in [7, 11) is 1.15. The lowest BCUT2D eigenvalue weighted by Crippen LogP contribution is -2.64. The Balaban J connectivity index is 2.19. The van der Waals surface area contributed by atoms with Crippen molar-refractivity contribution in [3.63, 3.8) is 0 Å². The minimum atomic E-state index is -1.76. The zero-order valence-corrected chi connectivity index (χ0v) is 57.9. The van der Waals surface area contributed by atoms with Crippen LogP contribution in [-0.4, -0.2) is 155 Å². The van der Waals surface area contributed by atoms with Gasteiger partial charge in [-0.2, -0.15) is 0 Å². The van der Waals surface area contributed by atoms with Gasteiger partial charge in [-0.05, 0) is 151 Å². The maximum Gasteiger partial charge on any atom is 0.408 e. The van der Waals surface area contributed by atoms with Crippen LogP contribution < -0.4 is 58.5 Å². The van der Waals surface area contributed by atoms with E-state index < -0.39 is 141 Å². The predicted octanol–water partition coefficient (Wildman–Crippen LogP) is 3.81. The Morgan fingerprint density at radius 2 is 0.809 bits per heavy atom. The van der Waals surface area contributed by atoms with E-state index in [-0.39, 0.29) is 63.7 Å². The van der Waals surface area contributed by atoms with Crippen LogP contribution in [0.2, 0.25) is 0 Å². The minimum Gasteiger partial charge on any atom is -0.467 e. The lowest BCUT2D eigenvalue weighted by molar-refractivity contribution is -0.149. The van der Waals surface area contributed by atoms with Gasteiger partial charge in [0.2, 0.25) is 53.2 Å². The molecule has 28 heteroatoms. The fourth-order valence-corrected chi connectivity index (χ4v) is 8.76. The number of hydrogen-bond donors (Lipinski definition) is 11. The lowest BCUT2D eigenvalue weighted by Gasteiger charge is -2.32. The van der Waals surface area contributed by atoms with Gasteiger partial charge in [-0.1, -0.05) is 88.4 Å². The molecule has 2 aromatic carbocycles. The largest absolute Gasteiger partial charge is 0.467 e. The van der Waals surface area contributed by atoms with E-state index in [1.165, 1.54) is 69.2 Å². The number of amides is 11. The van der Waals surface area contributed by atoms with Crippen LogP contribution in [0.4, 0.5) is 9.59 Å². The number of benzene rings is 2. The summed E-state index contributed by atoms with van der Waals surface area (Å²) in [5.41, 5.74) is -6.01. The third-order valence-corrected chi connectivity index (χ3v) is 14.2. The van der Waals surface area contributed by atoms with Crippen molar-refractivity contribution in [1.29, 1.82) is 0 Å². The normalized spacial score (nSPS) is 13.7. The number of carbonyl (C=O) groups is 13. The van der Waals surface area contributed by atoms with Gasteiger partial charge in [-0.3, -0.25) is 47.9 Å². The zero-order chi connectivity index (χ0) is 71.5. The first kappa shape index (κ1) is 81.2. The molecule has 0 saturated heterocycles. The lowest BCUT2D eigenvalue weighted by atomic mass is 9.98. The average Bonchev–Trinajstić information content (AvgIpc) is 0.865. The first-order valence-electron chi connectivity index (χ1n) is 31.5. The Kier molecular flexibility index (Phi) is 32.1. The zero-order valence-electron chi connectivity index (χ0n) is 57.9. The summed E-state index contributed by atoms with van der Waals surface area (Å²) in [5, 5.41) is 28.6. The molecule has 0 radical (unpaired) electrons. The number of unbranched alkanes of at least 4 members (excludes halogenated alkanes) is 1. The number of carbonyl (C=O) groups excluding carboxylic acids is 13. The standard InChI is InChI=1S/C66H103N11O17/c1-39(2)35-47(54(83)74-63(10,11)56(85)68-41(5)50(79)70-45(53(82)76-66(16,17)59(88)91-18)31-25-26-34-67-60(89)93-38-44-29-23-20-24-30-44)71-51(80)42(6)69-57(86)64(12,13)75-55(84)48(36-40(3)4)72-52(81)46(32-33-49(78)92-37-43-27-21-19-22-28-43)73-58(87)65(14,15)77-61(90)94-62(7,8)9/h19-24,27-30,39-42,45-48H,25-26,31-38H2,1-18H3,(H,67,89)(H,68,85)(H,69,86)(H,70,79)(H,71,80)(H,72,81)(H,73,87)(H,74,83)(H,75,84)(H,76,82)(H,77,90)/t41-,42-,45-,46-,47-,48-/m0/s1. The minimum absolute atomic E-state index is 0.0324. The van der Waals surface area contributed by atoms with Crippen LogP contribution in [0.5, 0.6) is 0 Å². The third-order valence-electron chi connectivity index (χ3n) is 14.2. The highest BCUT2D eigenvalue weighted by atomic mass is 16.6. The number of ether oxygens (including phenoxy) is 4. The van der Waals surface area contributed by atoms with Gasteiger partial charge in [0, 0.05) is 13.0 Å². The van der Waals surface area contributed by atoms with Gasteiger partial charge in [-0.15, -0.1) is 0 Å². The van der Waals surface area contributed by atoms with E-state index in [2.05, 4.69) is 58.5 Å². The van der Waals surface area contributed by atoms with E-state index in [4.69, 9.17) is 18.9 Å². The van der Waals surface area contributed by atoms with Gasteiger partial charge in [0.05, 0.1) is 7.11 Å². The molecule has 0 aliphatic heterocycles. The molecular formula is C66H103N11O17. The van der Waals surface area contributed by atoms with Gasteiger partial charge in [-0.25, -0.2) is 14.4 Å². The molecule has 0 aliphatic rings. The molecule has 0 heterocycles. The molecule has 2 rings (SSSR count). The first-order chi connectivity index (χ1) is 43.5. The van der Waals surface area contributed by atoms with Gasteiger partial charge in [0.1, 0.15) is 77.2 Å². The molecule has 0 aliphatic carbocycles. The van der Waals surface area contributed by atoms with E-state index in [1.54, 1.807) is 90.9 Å². The van der Waals surface area contributed by atoms with Gasteiger partial charge in [0.25, 0.3) is 0 Å². The molecule has 11 N–H and O–H groups in total. The van der Waals surface area contributed by atoms with E-state index >= 15 is 0 Å². The van der Waals surface area contributed by atoms with Gasteiger partial charge >= 0.3 is 24.1 Å². The Morgan fingerprint density at radius 3 is 1.26 bits per heavy atom. The Labute approximate surface area is 552 Å². The Hall–Kier alpha value is -8.85. The molecular weight excluding hydrogens is 1220 g/mol. The first-order valence-corrected chi connectivity index (χ1v) is 31.5. The number of alkyl carbamates (subject to hydrolysis) is 2. The van der Waals surface area contributed by atoms with E-state index in [1.807, 2.05) is 18.2 Å². The molecule has 11 amide bonds. The van der Waals surface area contributed by atoms with Crippen LogP contribution in [0.1, 0.15) is 174 Å². The van der Waals surface area contributed by atoms with Crippen molar-refractivity contribution < 1.29 is 81.3 Å². The molecule has 94 heavy (non-hydrogen) atoms. The van der Waals surface area contributed by atoms with Crippen LogP contribution >= 0.6 is 0 Å². The van der Waals surface area contributed by atoms with Crippen LogP contribution in [-0.2, 0) is 84.9 Å². The molecule has 6 atom stereocenters. The molecule has 0 spiro atoms. The van der Waals surface area contributed by atoms with Crippen molar-refractivity contribution in [3.05, 3.63) is 71.8 Å². The van der Waals surface area contributed by atoms with Crippen molar-refractivity contribution in [2.45, 2.75) is 240 Å². The van der Waals surface area contributed by atoms with Crippen molar-refractivity contribution >= 4 is 77.3 Å². The maximum absolute atomic E-state index is 14.2. The summed E-state index contributed by atoms with van der Waals surface area (Å²) < 4.78 is 20.8. The SMILES string of the molecule is COC(=O)C(C)(C)NC(=O)[C@H](CCCCNC(=O)OCc1ccccc1)NC(=O)[C@H](C)NC(=O)C(C)(C)NC(=O)[C@H](CC(C)C)NC(=O)[C@H](C)NC(=O)C(C)(C)NC(=O)[C@H](CC(C)C)NC(=O)[C@H](CCC(=O)OCc1ccccc1)NC(=O)C(C)(C)NC(=O)OC(C)(C)C. The van der Waals surface area contributed by atoms with Crippen LogP contribution in [0.25, 0.3) is 0 Å². The smallest absolute Gasteiger partial charge is 0.408 e.